The maximum absolute atomic E-state index is 13.8. The number of aryl methyl sites for hydroxylation is 1. The van der Waals surface area contributed by atoms with E-state index in [4.69, 9.17) is 5.84 Å². The van der Waals surface area contributed by atoms with Gasteiger partial charge in [-0.25, -0.2) is 10.5 Å². The van der Waals surface area contributed by atoms with E-state index in [1.165, 1.54) is 21.8 Å². The number of alkyl halides is 3. The topological polar surface area (TPSA) is 92.3 Å². The molecule has 4 rings (SSSR count). The molecular weight excluding hydrogens is 495 g/mol. The summed E-state index contributed by atoms with van der Waals surface area (Å²) in [4.78, 5) is 15.0. The van der Waals surface area contributed by atoms with Crippen LogP contribution in [0.2, 0.25) is 0 Å². The van der Waals surface area contributed by atoms with Gasteiger partial charge in [0.2, 0.25) is 0 Å². The highest BCUT2D eigenvalue weighted by molar-refractivity contribution is 6.04. The average Bonchev–Trinajstić information content (AvgIpc) is 3.31. The highest BCUT2D eigenvalue weighted by Crippen LogP contribution is 2.35. The number of hydrogen-bond acceptors (Lipinski definition) is 6. The lowest BCUT2D eigenvalue weighted by molar-refractivity contribution is -0.138. The molecule has 1 aromatic heterocycles. The van der Waals surface area contributed by atoms with Crippen molar-refractivity contribution in [3.63, 3.8) is 0 Å². The zero-order chi connectivity index (χ0) is 27.6. The molecule has 8 nitrogen and oxygen atoms in total. The number of carbonyl (C=O) groups excluding carboxylic acids is 1. The number of anilines is 1. The normalized spacial score (nSPS) is 14.5. The van der Waals surface area contributed by atoms with Crippen LogP contribution >= 0.6 is 0 Å². The molecule has 1 amide bonds. The van der Waals surface area contributed by atoms with Crippen LogP contribution in [0.4, 0.5) is 18.9 Å². The Morgan fingerprint density at radius 2 is 1.97 bits per heavy atom. The molecule has 2 aromatic carbocycles. The Bertz CT molecular complexity index is 1390. The molecule has 3 N–H and O–H groups in total. The van der Waals surface area contributed by atoms with Crippen molar-refractivity contribution in [3.8, 4) is 5.69 Å². The minimum Gasteiger partial charge on any atom is -0.322 e. The van der Waals surface area contributed by atoms with Crippen molar-refractivity contribution < 1.29 is 18.0 Å². The van der Waals surface area contributed by atoms with Crippen LogP contribution in [0.5, 0.6) is 0 Å². The molecule has 1 aliphatic heterocycles. The van der Waals surface area contributed by atoms with E-state index < -0.39 is 17.6 Å². The number of hydrogen-bond donors (Lipinski definition) is 2. The lowest BCUT2D eigenvalue weighted by Gasteiger charge is -2.31. The van der Waals surface area contributed by atoms with Crippen molar-refractivity contribution in [2.24, 2.45) is 5.84 Å². The van der Waals surface area contributed by atoms with Gasteiger partial charge in [0.15, 0.2) is 0 Å². The smallest absolute Gasteiger partial charge is 0.322 e. The number of carbonyl (C=O) groups is 1. The molecule has 0 radical (unpaired) electrons. The second kappa shape index (κ2) is 10.8. The van der Waals surface area contributed by atoms with E-state index >= 15 is 0 Å². The molecule has 0 spiro atoms. The van der Waals surface area contributed by atoms with Gasteiger partial charge < -0.3 is 10.3 Å². The Kier molecular flexibility index (Phi) is 7.70. The zero-order valence-corrected chi connectivity index (χ0v) is 21.5. The summed E-state index contributed by atoms with van der Waals surface area (Å²) in [6.45, 7) is 9.31. The van der Waals surface area contributed by atoms with Crippen molar-refractivity contribution >= 4 is 17.2 Å². The number of nitrogens with one attached hydrogen (secondary N) is 1. The molecule has 0 saturated carbocycles. The summed E-state index contributed by atoms with van der Waals surface area (Å²) in [5.41, 5.74) is 3.19. The number of amides is 1. The van der Waals surface area contributed by atoms with Crippen LogP contribution in [0.3, 0.4) is 0 Å². The summed E-state index contributed by atoms with van der Waals surface area (Å²) >= 11 is 0. The van der Waals surface area contributed by atoms with Gasteiger partial charge in [-0.05, 0) is 68.8 Å². The fraction of sp³-hybridized carbons (Fsp3) is 0.296. The molecule has 1 aliphatic rings. The van der Waals surface area contributed by atoms with Gasteiger partial charge in [-0.15, -0.1) is 5.10 Å². The number of allylic oxidation sites excluding steroid dienone is 3. The third kappa shape index (κ3) is 5.79. The number of likely N-dealkylation sites (tertiary alicyclic amines) is 1. The van der Waals surface area contributed by atoms with Crippen LogP contribution in [0, 0.1) is 6.92 Å². The average molecular weight is 526 g/mol. The quantitative estimate of drug-likeness (QED) is 0.250. The summed E-state index contributed by atoms with van der Waals surface area (Å²) in [6.07, 6.45) is -0.215. The lowest BCUT2D eigenvalue weighted by atomic mass is 10.0. The summed E-state index contributed by atoms with van der Waals surface area (Å²) in [6, 6.07) is 8.89. The predicted molar refractivity (Wildman–Crippen MR) is 140 cm³/mol. The number of halogens is 3. The third-order valence-electron chi connectivity index (χ3n) is 6.63. The highest BCUT2D eigenvalue weighted by Gasteiger charge is 2.34. The molecule has 11 heteroatoms. The SMILES string of the molecule is C=C/C(=C(/C)N(C)N)c1cn(-c2cc(C(=O)Nc3ccc(CN4CCC4)c(C(F)(F)F)c3)ccc2C)nn1. The monoisotopic (exact) mass is 525 g/mol. The van der Waals surface area contributed by atoms with Crippen molar-refractivity contribution in [2.45, 2.75) is 33.0 Å². The summed E-state index contributed by atoms with van der Waals surface area (Å²) in [5, 5.41) is 12.5. The van der Waals surface area contributed by atoms with Crippen LogP contribution in [0.25, 0.3) is 11.3 Å². The Morgan fingerprint density at radius 3 is 2.58 bits per heavy atom. The summed E-state index contributed by atoms with van der Waals surface area (Å²) < 4.78 is 42.8. The van der Waals surface area contributed by atoms with E-state index in [9.17, 15) is 18.0 Å². The van der Waals surface area contributed by atoms with Gasteiger partial charge in [0.25, 0.3) is 5.91 Å². The maximum atomic E-state index is 13.8. The van der Waals surface area contributed by atoms with Gasteiger partial charge in [0.1, 0.15) is 5.69 Å². The van der Waals surface area contributed by atoms with E-state index in [0.717, 1.165) is 36.8 Å². The van der Waals surface area contributed by atoms with Crippen LogP contribution in [-0.2, 0) is 12.7 Å². The Balaban J connectivity index is 1.59. The second-order valence-corrected chi connectivity index (χ2v) is 9.32. The van der Waals surface area contributed by atoms with Gasteiger partial charge in [-0.3, -0.25) is 9.69 Å². The second-order valence-electron chi connectivity index (χ2n) is 9.32. The molecule has 38 heavy (non-hydrogen) atoms. The van der Waals surface area contributed by atoms with Gasteiger partial charge in [0, 0.05) is 36.1 Å². The van der Waals surface area contributed by atoms with Gasteiger partial charge in [-0.2, -0.15) is 13.2 Å². The Morgan fingerprint density at radius 1 is 1.24 bits per heavy atom. The first-order chi connectivity index (χ1) is 18.0. The number of hydrazine groups is 1. The molecule has 0 atom stereocenters. The fourth-order valence-corrected chi connectivity index (χ4v) is 4.17. The molecule has 200 valence electrons. The molecule has 0 bridgehead atoms. The summed E-state index contributed by atoms with van der Waals surface area (Å²) in [5.74, 6) is 5.30. The molecule has 1 fully saturated rings. The lowest BCUT2D eigenvalue weighted by Crippen LogP contribution is -2.36. The van der Waals surface area contributed by atoms with Crippen LogP contribution in [-0.4, -0.2) is 50.9 Å². The van der Waals surface area contributed by atoms with Crippen LogP contribution < -0.4 is 11.2 Å². The van der Waals surface area contributed by atoms with Crippen molar-refractivity contribution in [3.05, 3.63) is 88.9 Å². The van der Waals surface area contributed by atoms with E-state index in [-0.39, 0.29) is 23.4 Å². The Labute approximate surface area is 219 Å². The highest BCUT2D eigenvalue weighted by atomic mass is 19.4. The first kappa shape index (κ1) is 27.1. The van der Waals surface area contributed by atoms with Crippen molar-refractivity contribution in [1.29, 1.82) is 0 Å². The number of nitrogens with two attached hydrogens (primary N) is 1. The van der Waals surface area contributed by atoms with E-state index in [1.54, 1.807) is 37.5 Å². The first-order valence-corrected chi connectivity index (χ1v) is 12.1. The minimum absolute atomic E-state index is 0.0713. The number of aromatic nitrogens is 3. The van der Waals surface area contributed by atoms with E-state index in [1.807, 2.05) is 18.7 Å². The molecule has 0 unspecified atom stereocenters. The van der Waals surface area contributed by atoms with Crippen LogP contribution in [0.1, 0.15) is 46.1 Å². The molecule has 1 saturated heterocycles. The molecule has 2 heterocycles. The third-order valence-corrected chi connectivity index (χ3v) is 6.63. The largest absolute Gasteiger partial charge is 0.416 e. The Hall–Kier alpha value is -3.96. The van der Waals surface area contributed by atoms with Crippen molar-refractivity contribution in [2.75, 3.05) is 25.5 Å². The molecule has 0 aliphatic carbocycles. The number of benzene rings is 2. The van der Waals surface area contributed by atoms with E-state index in [2.05, 4.69) is 22.2 Å². The van der Waals surface area contributed by atoms with Crippen LogP contribution in [0.15, 0.2) is 60.9 Å². The van der Waals surface area contributed by atoms with Gasteiger partial charge in [0.05, 0.1) is 17.4 Å². The molecule has 3 aromatic rings. The van der Waals surface area contributed by atoms with Gasteiger partial charge >= 0.3 is 6.18 Å². The number of rotatable bonds is 8. The van der Waals surface area contributed by atoms with Gasteiger partial charge in [-0.1, -0.05) is 30.0 Å². The summed E-state index contributed by atoms with van der Waals surface area (Å²) in [7, 11) is 1.70. The fourth-order valence-electron chi connectivity index (χ4n) is 4.17. The van der Waals surface area contributed by atoms with E-state index in [0.29, 0.717) is 17.0 Å². The minimum atomic E-state index is -4.53. The predicted octanol–water partition coefficient (Wildman–Crippen LogP) is 4.78. The van der Waals surface area contributed by atoms with Crippen molar-refractivity contribution in [1.82, 2.24) is 24.9 Å². The zero-order valence-electron chi connectivity index (χ0n) is 21.5. The standard InChI is InChI=1S/C27H30F3N7O/c1-5-22(18(3)35(4)31)24-16-37(34-33-24)25-13-19(8-7-17(25)2)26(38)32-21-10-9-20(15-36-11-6-12-36)23(14-21)27(28,29)30/h5,7-10,13-14,16H,1,6,11-12,15,31H2,2-4H3,(H,32,38)/b22-18+. The molecular formula is C27H30F3N7O. The number of nitrogens with zero attached hydrogens (tertiary/aromatic N) is 5. The first-order valence-electron chi connectivity index (χ1n) is 12.1. The maximum Gasteiger partial charge on any atom is 0.416 e.